The van der Waals surface area contributed by atoms with Gasteiger partial charge in [-0.3, -0.25) is 19.2 Å². The first-order chi connectivity index (χ1) is 20.1. The van der Waals surface area contributed by atoms with Crippen molar-refractivity contribution in [1.29, 1.82) is 0 Å². The van der Waals surface area contributed by atoms with Crippen molar-refractivity contribution in [2.75, 3.05) is 16.8 Å². The molecular formula is C29H20F3N3O5S2. The summed E-state index contributed by atoms with van der Waals surface area (Å²) in [5, 5.41) is 1.97. The van der Waals surface area contributed by atoms with E-state index in [-0.39, 0.29) is 12.4 Å². The van der Waals surface area contributed by atoms with Crippen LogP contribution in [-0.2, 0) is 20.6 Å². The predicted octanol–water partition coefficient (Wildman–Crippen LogP) is 5.27. The van der Waals surface area contributed by atoms with Gasteiger partial charge in [-0.05, 0) is 30.3 Å². The lowest BCUT2D eigenvalue weighted by atomic mass is 9.82. The lowest BCUT2D eigenvalue weighted by Crippen LogP contribution is -2.33. The average molecular weight is 612 g/mol. The molecule has 2 aliphatic rings. The summed E-state index contributed by atoms with van der Waals surface area (Å²) in [6.45, 7) is -0.379. The topological polar surface area (TPSA) is 109 Å². The van der Waals surface area contributed by atoms with E-state index in [0.717, 1.165) is 35.2 Å². The summed E-state index contributed by atoms with van der Waals surface area (Å²) in [6, 6.07) is 19.8. The lowest BCUT2D eigenvalue weighted by molar-refractivity contribution is -0.137. The number of halogens is 3. The van der Waals surface area contributed by atoms with Crippen molar-refractivity contribution in [3.05, 3.63) is 105 Å². The second kappa shape index (κ2) is 10.8. The first-order valence-corrected chi connectivity index (χ1v) is 14.3. The standard InChI is InChI=1S/C29H20F3N3O5S2/c30-29(31,32)17-11-5-6-12-18(17)35-26(37)22-21(23-25(34-28(39)42-23)41-24(22)27(35)38)16-10-4-7-13-19(16)40-14-20(36)33-15-8-2-1-3-9-15/h1-13,21-22,24H,14H2,(H,33,36)(H,34,39)/t21-,22-,24+/m0/s1. The molecule has 3 heterocycles. The third-order valence-corrected chi connectivity index (χ3v) is 9.35. The van der Waals surface area contributed by atoms with Gasteiger partial charge >= 0.3 is 11.0 Å². The van der Waals surface area contributed by atoms with E-state index in [2.05, 4.69) is 10.3 Å². The molecule has 3 amide bonds. The smallest absolute Gasteiger partial charge is 0.418 e. The van der Waals surface area contributed by atoms with Gasteiger partial charge in [0.2, 0.25) is 11.8 Å². The van der Waals surface area contributed by atoms with Crippen molar-refractivity contribution in [1.82, 2.24) is 4.98 Å². The van der Waals surface area contributed by atoms with Crippen molar-refractivity contribution in [3.8, 4) is 5.75 Å². The molecule has 13 heteroatoms. The maximum absolute atomic E-state index is 13.9. The summed E-state index contributed by atoms with van der Waals surface area (Å²) in [5.74, 6) is -3.87. The first-order valence-electron chi connectivity index (χ1n) is 12.6. The average Bonchev–Trinajstić information content (AvgIpc) is 3.46. The molecule has 0 aliphatic carbocycles. The Bertz CT molecular complexity index is 1750. The summed E-state index contributed by atoms with van der Waals surface area (Å²) in [5.41, 5.74) is -0.664. The number of imide groups is 1. The number of carbonyl (C=O) groups excluding carboxylic acids is 3. The number of aromatic amines is 1. The van der Waals surface area contributed by atoms with Crippen LogP contribution in [0.25, 0.3) is 0 Å². The number of thiazole rings is 1. The molecule has 0 radical (unpaired) electrons. The highest BCUT2D eigenvalue weighted by molar-refractivity contribution is 8.00. The van der Waals surface area contributed by atoms with E-state index in [0.29, 0.717) is 26.1 Å². The number of hydrogen-bond acceptors (Lipinski definition) is 7. The number of alkyl halides is 3. The highest BCUT2D eigenvalue weighted by Gasteiger charge is 2.57. The fourth-order valence-electron chi connectivity index (χ4n) is 5.23. The normalized spacial score (nSPS) is 19.8. The van der Waals surface area contributed by atoms with E-state index in [4.69, 9.17) is 4.74 Å². The van der Waals surface area contributed by atoms with Crippen LogP contribution in [0.15, 0.2) is 88.7 Å². The quantitative estimate of drug-likeness (QED) is 0.288. The van der Waals surface area contributed by atoms with Crippen molar-refractivity contribution in [3.63, 3.8) is 0 Å². The summed E-state index contributed by atoms with van der Waals surface area (Å²) >= 11 is 1.81. The Kier molecular flexibility index (Phi) is 7.15. The zero-order valence-electron chi connectivity index (χ0n) is 21.4. The number of para-hydroxylation sites is 3. The van der Waals surface area contributed by atoms with E-state index in [1.165, 1.54) is 12.1 Å². The maximum atomic E-state index is 13.9. The van der Waals surface area contributed by atoms with E-state index < -0.39 is 57.1 Å². The molecule has 214 valence electrons. The van der Waals surface area contributed by atoms with E-state index >= 15 is 0 Å². The number of fused-ring (bicyclic) bond motifs is 2. The molecule has 3 aromatic carbocycles. The van der Waals surface area contributed by atoms with Crippen LogP contribution in [0.2, 0.25) is 0 Å². The van der Waals surface area contributed by atoms with Crippen LogP contribution in [-0.4, -0.2) is 34.6 Å². The SMILES string of the molecule is O=C(COc1ccccc1[C@@H]1c2sc(=O)[nH]c2S[C@H]2C(=O)N(c3ccccc3C(F)(F)F)C(=O)[C@@H]12)Nc1ccccc1. The Labute approximate surface area is 244 Å². The summed E-state index contributed by atoms with van der Waals surface area (Å²) in [7, 11) is 0. The largest absolute Gasteiger partial charge is 0.483 e. The molecule has 1 fully saturated rings. The van der Waals surface area contributed by atoms with Crippen molar-refractivity contribution in [2.45, 2.75) is 22.4 Å². The molecule has 0 bridgehead atoms. The van der Waals surface area contributed by atoms with Gasteiger partial charge in [0.15, 0.2) is 6.61 Å². The number of amides is 3. The van der Waals surface area contributed by atoms with Crippen LogP contribution >= 0.6 is 23.1 Å². The van der Waals surface area contributed by atoms with E-state index in [9.17, 15) is 32.3 Å². The number of carbonyl (C=O) groups is 3. The number of thioether (sulfide) groups is 1. The van der Waals surface area contributed by atoms with Crippen LogP contribution < -0.4 is 19.8 Å². The van der Waals surface area contributed by atoms with E-state index in [1.807, 2.05) is 0 Å². The van der Waals surface area contributed by atoms with Gasteiger partial charge in [-0.25, -0.2) is 4.90 Å². The molecule has 0 spiro atoms. The minimum atomic E-state index is -4.80. The Morgan fingerprint density at radius 3 is 2.38 bits per heavy atom. The van der Waals surface area contributed by atoms with Crippen molar-refractivity contribution in [2.24, 2.45) is 5.92 Å². The number of ether oxygens (including phenoxy) is 1. The highest BCUT2D eigenvalue weighted by atomic mass is 32.2. The Morgan fingerprint density at radius 1 is 0.929 bits per heavy atom. The monoisotopic (exact) mass is 611 g/mol. The molecule has 4 aromatic rings. The lowest BCUT2D eigenvalue weighted by Gasteiger charge is -2.30. The molecule has 3 atom stereocenters. The second-order valence-corrected chi connectivity index (χ2v) is 11.7. The van der Waals surface area contributed by atoms with Gasteiger partial charge in [-0.1, -0.05) is 71.6 Å². The number of benzene rings is 3. The minimum absolute atomic E-state index is 0.234. The van der Waals surface area contributed by atoms with E-state index in [1.54, 1.807) is 54.6 Å². The molecule has 1 saturated heterocycles. The van der Waals surface area contributed by atoms with Crippen molar-refractivity contribution >= 4 is 52.2 Å². The molecule has 6 rings (SSSR count). The number of anilines is 2. The minimum Gasteiger partial charge on any atom is -0.483 e. The maximum Gasteiger partial charge on any atom is 0.418 e. The van der Waals surface area contributed by atoms with Crippen LogP contribution in [0.5, 0.6) is 5.75 Å². The third kappa shape index (κ3) is 4.98. The molecule has 42 heavy (non-hydrogen) atoms. The number of aromatic nitrogens is 1. The molecule has 8 nitrogen and oxygen atoms in total. The van der Waals surface area contributed by atoms with Gasteiger partial charge < -0.3 is 15.0 Å². The third-order valence-electron chi connectivity index (χ3n) is 6.94. The van der Waals surface area contributed by atoms with Crippen LogP contribution in [0.3, 0.4) is 0 Å². The number of hydrogen-bond donors (Lipinski definition) is 2. The van der Waals surface area contributed by atoms with Crippen LogP contribution in [0.4, 0.5) is 24.5 Å². The van der Waals surface area contributed by atoms with Gasteiger partial charge in [0.1, 0.15) is 11.0 Å². The molecule has 0 unspecified atom stereocenters. The van der Waals surface area contributed by atoms with Gasteiger partial charge in [0.25, 0.3) is 5.91 Å². The van der Waals surface area contributed by atoms with Crippen LogP contribution in [0.1, 0.15) is 21.9 Å². The second-order valence-electron chi connectivity index (χ2n) is 9.52. The molecule has 2 N–H and O–H groups in total. The Balaban J connectivity index is 1.38. The predicted molar refractivity (Wildman–Crippen MR) is 151 cm³/mol. The number of H-pyrrole nitrogens is 1. The Morgan fingerprint density at radius 2 is 1.62 bits per heavy atom. The number of nitrogens with zero attached hydrogens (tertiary/aromatic N) is 1. The fourth-order valence-corrected chi connectivity index (χ4v) is 7.73. The van der Waals surface area contributed by atoms with Crippen molar-refractivity contribution < 1.29 is 32.3 Å². The zero-order valence-corrected chi connectivity index (χ0v) is 23.0. The van der Waals surface area contributed by atoms with Gasteiger partial charge in [-0.15, -0.1) is 0 Å². The molecule has 2 aliphatic heterocycles. The number of nitrogens with one attached hydrogen (secondary N) is 2. The number of rotatable bonds is 6. The van der Waals surface area contributed by atoms with Gasteiger partial charge in [0, 0.05) is 22.0 Å². The van der Waals surface area contributed by atoms with Crippen LogP contribution in [0, 0.1) is 5.92 Å². The molecule has 1 aromatic heterocycles. The first kappa shape index (κ1) is 27.8. The summed E-state index contributed by atoms with van der Waals surface area (Å²) < 4.78 is 47.5. The highest BCUT2D eigenvalue weighted by Crippen LogP contribution is 2.55. The summed E-state index contributed by atoms with van der Waals surface area (Å²) in [4.78, 5) is 55.9. The molecular weight excluding hydrogens is 591 g/mol. The van der Waals surface area contributed by atoms with Gasteiger partial charge in [-0.2, -0.15) is 13.2 Å². The summed E-state index contributed by atoms with van der Waals surface area (Å²) in [6.07, 6.45) is -4.80. The molecule has 0 saturated carbocycles. The Hall–Kier alpha value is -4.36. The van der Waals surface area contributed by atoms with Gasteiger partial charge in [0.05, 0.1) is 22.2 Å². The fraction of sp³-hybridized carbons (Fsp3) is 0.172. The zero-order chi connectivity index (χ0) is 29.6.